The summed E-state index contributed by atoms with van der Waals surface area (Å²) in [6.07, 6.45) is 8.96. The second kappa shape index (κ2) is 8.45. The normalized spacial score (nSPS) is 8.90. The van der Waals surface area contributed by atoms with Gasteiger partial charge in [-0.1, -0.05) is 32.6 Å². The van der Waals surface area contributed by atoms with E-state index in [1.165, 1.54) is 19.3 Å². The van der Waals surface area contributed by atoms with Crippen LogP contribution in [0.5, 0.6) is 0 Å². The van der Waals surface area contributed by atoms with Crippen LogP contribution in [0.15, 0.2) is 0 Å². The third-order valence-electron chi connectivity index (χ3n) is 1.37. The summed E-state index contributed by atoms with van der Waals surface area (Å²) in [5, 5.41) is 0. The fraction of sp³-hybridized carbons (Fsp3) is 0.667. The third kappa shape index (κ3) is 7.45. The van der Waals surface area contributed by atoms with Crippen LogP contribution >= 0.6 is 0 Å². The Morgan fingerprint density at radius 2 is 1.80 bits per heavy atom. The molecule has 0 rings (SSSR count). The molecule has 0 amide bonds. The van der Waals surface area contributed by atoms with Gasteiger partial charge in [0.25, 0.3) is 0 Å². The van der Waals surface area contributed by atoms with Crippen LogP contribution in [-0.4, -0.2) is 5.94 Å². The second-order valence-electron chi connectivity index (χ2n) is 2.30. The molecule has 0 aromatic heterocycles. The first-order chi connectivity index (χ1) is 4.91. The van der Waals surface area contributed by atoms with Crippen molar-refractivity contribution in [3.05, 3.63) is 13.0 Å². The molecule has 0 bridgehead atoms. The molecule has 10 heavy (non-hydrogen) atoms. The lowest BCUT2D eigenvalue weighted by Gasteiger charge is -1.93. The number of carbonyl (C=O) groups excluding carboxylic acids is 1. The molecule has 0 saturated heterocycles. The fourth-order valence-corrected chi connectivity index (χ4v) is 0.795. The van der Waals surface area contributed by atoms with Crippen LogP contribution in [0.2, 0.25) is 0 Å². The highest BCUT2D eigenvalue weighted by atomic mass is 16.1. The largest absolute Gasteiger partial charge is 0.233 e. The number of hydrogen-bond donors (Lipinski definition) is 0. The van der Waals surface area contributed by atoms with Crippen LogP contribution in [0, 0.1) is 13.0 Å². The number of rotatable bonds is 6. The lowest BCUT2D eigenvalue weighted by molar-refractivity contribution is 0.566. The van der Waals surface area contributed by atoms with Crippen LogP contribution in [0.1, 0.15) is 38.5 Å². The summed E-state index contributed by atoms with van der Waals surface area (Å²) in [6, 6.07) is 0. The van der Waals surface area contributed by atoms with E-state index in [-0.39, 0.29) is 0 Å². The zero-order valence-electron chi connectivity index (χ0n) is 6.36. The minimum absolute atomic E-state index is 0.765. The predicted octanol–water partition coefficient (Wildman–Crippen LogP) is 2.35. The van der Waals surface area contributed by atoms with Crippen molar-refractivity contribution in [3.8, 4) is 0 Å². The zero-order valence-corrected chi connectivity index (χ0v) is 6.36. The van der Waals surface area contributed by atoms with E-state index in [0.29, 0.717) is 0 Å². The summed E-state index contributed by atoms with van der Waals surface area (Å²) in [7, 11) is 0. The van der Waals surface area contributed by atoms with E-state index in [0.717, 1.165) is 19.3 Å². The van der Waals surface area contributed by atoms with Crippen molar-refractivity contribution in [3.63, 3.8) is 0 Å². The lowest BCUT2D eigenvalue weighted by atomic mass is 10.1. The van der Waals surface area contributed by atoms with E-state index < -0.39 is 0 Å². The summed E-state index contributed by atoms with van der Waals surface area (Å²) in [4.78, 5) is 9.65. The first-order valence-electron chi connectivity index (χ1n) is 3.81. The van der Waals surface area contributed by atoms with Crippen LogP contribution in [0.3, 0.4) is 0 Å². The van der Waals surface area contributed by atoms with Gasteiger partial charge in [-0.15, -0.1) is 0 Å². The predicted molar refractivity (Wildman–Crippen MR) is 42.0 cm³/mol. The van der Waals surface area contributed by atoms with Gasteiger partial charge >= 0.3 is 0 Å². The van der Waals surface area contributed by atoms with Crippen molar-refractivity contribution < 1.29 is 4.79 Å². The molecule has 0 aromatic rings. The van der Waals surface area contributed by atoms with E-state index in [9.17, 15) is 4.79 Å². The molecule has 0 unspecified atom stereocenters. The molecule has 0 fully saturated rings. The SMILES string of the molecule is [CH2]CCCCCC[C]=C=O. The van der Waals surface area contributed by atoms with E-state index in [4.69, 9.17) is 0 Å². The van der Waals surface area contributed by atoms with E-state index in [2.05, 4.69) is 13.0 Å². The molecule has 1 heteroatoms. The average molecular weight is 138 g/mol. The van der Waals surface area contributed by atoms with Gasteiger partial charge in [-0.25, -0.2) is 4.79 Å². The molecule has 0 aliphatic carbocycles. The molecule has 56 valence electrons. The monoisotopic (exact) mass is 138 g/mol. The molecule has 0 N–H and O–H groups in total. The molecule has 0 aliphatic rings. The molecular formula is C9H14O. The maximum atomic E-state index is 9.65. The summed E-state index contributed by atoms with van der Waals surface area (Å²) < 4.78 is 0. The van der Waals surface area contributed by atoms with Crippen molar-refractivity contribution >= 4 is 5.94 Å². The van der Waals surface area contributed by atoms with Crippen LogP contribution in [0.25, 0.3) is 0 Å². The van der Waals surface area contributed by atoms with Crippen LogP contribution < -0.4 is 0 Å². The smallest absolute Gasteiger partial charge is 0.128 e. The van der Waals surface area contributed by atoms with Gasteiger partial charge in [0.2, 0.25) is 0 Å². The molecule has 0 saturated carbocycles. The van der Waals surface area contributed by atoms with Gasteiger partial charge in [-0.3, -0.25) is 0 Å². The highest BCUT2D eigenvalue weighted by Gasteiger charge is 1.85. The molecule has 0 spiro atoms. The van der Waals surface area contributed by atoms with Gasteiger partial charge in [-0.2, -0.15) is 0 Å². The van der Waals surface area contributed by atoms with Gasteiger partial charge in [0, 0.05) is 0 Å². The van der Waals surface area contributed by atoms with Crippen molar-refractivity contribution in [2.24, 2.45) is 0 Å². The second-order valence-corrected chi connectivity index (χ2v) is 2.30. The van der Waals surface area contributed by atoms with E-state index >= 15 is 0 Å². The highest BCUT2D eigenvalue weighted by molar-refractivity contribution is 5.40. The Morgan fingerprint density at radius 1 is 1.10 bits per heavy atom. The maximum absolute atomic E-state index is 9.65. The molecule has 1 nitrogen and oxygen atoms in total. The van der Waals surface area contributed by atoms with Crippen molar-refractivity contribution in [2.75, 3.05) is 0 Å². The Bertz CT molecular complexity index is 101. The first kappa shape index (κ1) is 9.45. The Morgan fingerprint density at radius 3 is 2.40 bits per heavy atom. The van der Waals surface area contributed by atoms with Crippen molar-refractivity contribution in [1.29, 1.82) is 0 Å². The van der Waals surface area contributed by atoms with Gasteiger partial charge in [0.15, 0.2) is 0 Å². The van der Waals surface area contributed by atoms with Crippen molar-refractivity contribution in [1.82, 2.24) is 0 Å². The molecular weight excluding hydrogens is 124 g/mol. The summed E-state index contributed by atoms with van der Waals surface area (Å²) in [6.45, 7) is 3.74. The van der Waals surface area contributed by atoms with Gasteiger partial charge in [0.05, 0.1) is 6.08 Å². The standard InChI is InChI=1S/C9H14O/c1-2-3-4-5-6-7-8-9-10/h1-7H2. The average Bonchev–Trinajstić information content (AvgIpc) is 1.97. The van der Waals surface area contributed by atoms with Crippen molar-refractivity contribution in [2.45, 2.75) is 38.5 Å². The van der Waals surface area contributed by atoms with Crippen LogP contribution in [-0.2, 0) is 4.79 Å². The summed E-state index contributed by atoms with van der Waals surface area (Å²) in [5.41, 5.74) is 0. The quantitative estimate of drug-likeness (QED) is 0.406. The molecule has 0 aliphatic heterocycles. The topological polar surface area (TPSA) is 17.1 Å². The lowest BCUT2D eigenvalue weighted by Crippen LogP contribution is -1.76. The maximum Gasteiger partial charge on any atom is 0.128 e. The number of allylic oxidation sites excluding steroid dienone is 1. The first-order valence-corrected chi connectivity index (χ1v) is 3.81. The van der Waals surface area contributed by atoms with Gasteiger partial charge in [-0.05, 0) is 12.8 Å². The molecule has 0 heterocycles. The molecule has 2 radical (unpaired) electrons. The van der Waals surface area contributed by atoms with Gasteiger partial charge < -0.3 is 0 Å². The minimum Gasteiger partial charge on any atom is -0.233 e. The number of unbranched alkanes of at least 4 members (excludes halogenated alkanes) is 5. The van der Waals surface area contributed by atoms with E-state index in [1.54, 1.807) is 5.94 Å². The Labute approximate surface area is 63.1 Å². The molecule has 0 aromatic carbocycles. The van der Waals surface area contributed by atoms with Crippen LogP contribution in [0.4, 0.5) is 0 Å². The third-order valence-corrected chi connectivity index (χ3v) is 1.37. The Kier molecular flexibility index (Phi) is 7.99. The minimum atomic E-state index is 0.765. The number of hydrogen-bond acceptors (Lipinski definition) is 1. The summed E-state index contributed by atoms with van der Waals surface area (Å²) in [5.74, 6) is 1.65. The van der Waals surface area contributed by atoms with E-state index in [1.807, 2.05) is 0 Å². The highest BCUT2D eigenvalue weighted by Crippen LogP contribution is 2.03. The summed E-state index contributed by atoms with van der Waals surface area (Å²) >= 11 is 0. The van der Waals surface area contributed by atoms with Gasteiger partial charge in [0.1, 0.15) is 5.94 Å². The molecule has 0 atom stereocenters. The Balaban J connectivity index is 2.83. The Hall–Kier alpha value is -0.550. The zero-order chi connectivity index (χ0) is 7.66. The fourth-order valence-electron chi connectivity index (χ4n) is 0.795.